The number of hydrogen-bond donors (Lipinski definition) is 1. The van der Waals surface area contributed by atoms with Crippen molar-refractivity contribution in [3.8, 4) is 0 Å². The molecule has 1 aromatic heterocycles. The van der Waals surface area contributed by atoms with Gasteiger partial charge in [0.05, 0.1) is 12.6 Å². The van der Waals surface area contributed by atoms with Crippen molar-refractivity contribution in [3.05, 3.63) is 11.8 Å². The Morgan fingerprint density at radius 3 is 2.43 bits per heavy atom. The van der Waals surface area contributed by atoms with Crippen molar-refractivity contribution in [2.45, 2.75) is 97.0 Å². The van der Waals surface area contributed by atoms with Crippen LogP contribution in [-0.2, 0) is 14.3 Å². The van der Waals surface area contributed by atoms with Crippen LogP contribution in [0.1, 0.15) is 89.7 Å². The third kappa shape index (κ3) is 9.74. The normalized spacial score (nSPS) is 16.0. The number of ether oxygens (including phenoxy) is 1. The molecule has 1 N–H and O–H groups in total. The largest absolute Gasteiger partial charge is 0.376 e. The Balaban J connectivity index is 1.71. The number of hydrogen-bond acceptors (Lipinski definition) is 5. The standard InChI is InChI=1S/C23H39N3O4/c1-3-4-5-6-7-8-9-10-11-14-23(28)26(17-20-13-12-15-29-20)18-22(27)24-21-16-19(2)30-25-21/h16,20H,3-15,17-18H2,1-2H3,(H,24,25,27). The molecule has 0 aromatic carbocycles. The fourth-order valence-electron chi connectivity index (χ4n) is 3.81. The van der Waals surface area contributed by atoms with Crippen molar-refractivity contribution in [2.24, 2.45) is 0 Å². The van der Waals surface area contributed by atoms with E-state index in [9.17, 15) is 9.59 Å². The van der Waals surface area contributed by atoms with Gasteiger partial charge in [-0.05, 0) is 26.2 Å². The zero-order valence-electron chi connectivity index (χ0n) is 18.8. The minimum atomic E-state index is -0.262. The summed E-state index contributed by atoms with van der Waals surface area (Å²) in [7, 11) is 0. The number of carbonyl (C=O) groups excluding carboxylic acids is 2. The predicted molar refractivity (Wildman–Crippen MR) is 117 cm³/mol. The summed E-state index contributed by atoms with van der Waals surface area (Å²) in [6, 6.07) is 1.66. The van der Waals surface area contributed by atoms with Crippen LogP contribution in [0.2, 0.25) is 0 Å². The average Bonchev–Trinajstić information content (AvgIpc) is 3.37. The molecule has 0 radical (unpaired) electrons. The number of amides is 2. The molecule has 30 heavy (non-hydrogen) atoms. The molecule has 1 aliphatic rings. The van der Waals surface area contributed by atoms with Crippen LogP contribution in [0, 0.1) is 6.92 Å². The SMILES string of the molecule is CCCCCCCCCCCC(=O)N(CC(=O)Nc1cc(C)on1)CC1CCCO1. The fourth-order valence-corrected chi connectivity index (χ4v) is 3.81. The van der Waals surface area contributed by atoms with Crippen molar-refractivity contribution in [2.75, 3.05) is 25.0 Å². The van der Waals surface area contributed by atoms with Crippen LogP contribution in [0.25, 0.3) is 0 Å². The Morgan fingerprint density at radius 1 is 1.13 bits per heavy atom. The van der Waals surface area contributed by atoms with Gasteiger partial charge in [-0.3, -0.25) is 9.59 Å². The lowest BCUT2D eigenvalue weighted by molar-refractivity contribution is -0.136. The van der Waals surface area contributed by atoms with Gasteiger partial charge in [-0.15, -0.1) is 0 Å². The van der Waals surface area contributed by atoms with Gasteiger partial charge in [0.2, 0.25) is 11.8 Å². The van der Waals surface area contributed by atoms with Gasteiger partial charge in [0.25, 0.3) is 0 Å². The fraction of sp³-hybridized carbons (Fsp3) is 0.783. The van der Waals surface area contributed by atoms with Crippen LogP contribution in [0.3, 0.4) is 0 Å². The van der Waals surface area contributed by atoms with E-state index >= 15 is 0 Å². The molecule has 1 saturated heterocycles. The van der Waals surface area contributed by atoms with Crippen LogP contribution in [-0.4, -0.2) is 47.7 Å². The molecule has 1 unspecified atom stereocenters. The summed E-state index contributed by atoms with van der Waals surface area (Å²) in [6.07, 6.45) is 13.4. The number of aryl methyl sites for hydroxylation is 1. The van der Waals surface area contributed by atoms with E-state index in [1.165, 1.54) is 44.9 Å². The Morgan fingerprint density at radius 2 is 1.83 bits per heavy atom. The second-order valence-corrected chi connectivity index (χ2v) is 8.36. The van der Waals surface area contributed by atoms with Crippen molar-refractivity contribution in [1.29, 1.82) is 0 Å². The van der Waals surface area contributed by atoms with E-state index in [4.69, 9.17) is 9.26 Å². The zero-order chi connectivity index (χ0) is 21.6. The molecule has 7 heteroatoms. The van der Waals surface area contributed by atoms with Crippen LogP contribution in [0.4, 0.5) is 5.82 Å². The monoisotopic (exact) mass is 421 g/mol. The predicted octanol–water partition coefficient (Wildman–Crippen LogP) is 4.85. The number of unbranched alkanes of at least 4 members (excludes halogenated alkanes) is 8. The number of nitrogens with one attached hydrogen (secondary N) is 1. The molecule has 1 fully saturated rings. The van der Waals surface area contributed by atoms with Gasteiger partial charge in [0, 0.05) is 25.6 Å². The van der Waals surface area contributed by atoms with Crippen LogP contribution in [0.15, 0.2) is 10.6 Å². The molecule has 0 aliphatic carbocycles. The first-order valence-electron chi connectivity index (χ1n) is 11.7. The minimum absolute atomic E-state index is 0.0159. The highest BCUT2D eigenvalue weighted by molar-refractivity contribution is 5.93. The lowest BCUT2D eigenvalue weighted by atomic mass is 10.1. The van der Waals surface area contributed by atoms with E-state index in [1.807, 2.05) is 0 Å². The number of rotatable bonds is 15. The van der Waals surface area contributed by atoms with Crippen molar-refractivity contribution in [3.63, 3.8) is 0 Å². The lowest BCUT2D eigenvalue weighted by Gasteiger charge is -2.25. The van der Waals surface area contributed by atoms with E-state index < -0.39 is 0 Å². The maximum absolute atomic E-state index is 12.8. The second kappa shape index (κ2) is 14.2. The highest BCUT2D eigenvalue weighted by Gasteiger charge is 2.24. The summed E-state index contributed by atoms with van der Waals surface area (Å²) >= 11 is 0. The summed E-state index contributed by atoms with van der Waals surface area (Å²) in [6.45, 7) is 5.22. The highest BCUT2D eigenvalue weighted by atomic mass is 16.5. The summed E-state index contributed by atoms with van der Waals surface area (Å²) in [5.41, 5.74) is 0. The van der Waals surface area contributed by atoms with Crippen LogP contribution >= 0.6 is 0 Å². The first-order valence-corrected chi connectivity index (χ1v) is 11.7. The van der Waals surface area contributed by atoms with Gasteiger partial charge in [-0.2, -0.15) is 0 Å². The summed E-state index contributed by atoms with van der Waals surface area (Å²) in [5.74, 6) is 0.769. The van der Waals surface area contributed by atoms with Gasteiger partial charge in [-0.1, -0.05) is 63.4 Å². The van der Waals surface area contributed by atoms with Crippen molar-refractivity contribution >= 4 is 17.6 Å². The summed E-state index contributed by atoms with van der Waals surface area (Å²) in [5, 5.41) is 6.48. The van der Waals surface area contributed by atoms with Gasteiger partial charge in [0.1, 0.15) is 5.76 Å². The molecule has 0 spiro atoms. The Bertz CT molecular complexity index is 626. The van der Waals surface area contributed by atoms with Gasteiger partial charge in [-0.25, -0.2) is 0 Å². The molecule has 1 aromatic rings. The van der Waals surface area contributed by atoms with Gasteiger partial charge in [0.15, 0.2) is 5.82 Å². The quantitative estimate of drug-likeness (QED) is 0.409. The maximum atomic E-state index is 12.8. The molecule has 1 atom stereocenters. The van der Waals surface area contributed by atoms with E-state index in [-0.39, 0.29) is 24.5 Å². The summed E-state index contributed by atoms with van der Waals surface area (Å²) in [4.78, 5) is 26.8. The zero-order valence-corrected chi connectivity index (χ0v) is 18.8. The van der Waals surface area contributed by atoms with Gasteiger partial charge >= 0.3 is 0 Å². The van der Waals surface area contributed by atoms with Crippen LogP contribution in [0.5, 0.6) is 0 Å². The molecular formula is C23H39N3O4. The molecule has 2 amide bonds. The summed E-state index contributed by atoms with van der Waals surface area (Å²) < 4.78 is 10.7. The van der Waals surface area contributed by atoms with E-state index in [0.717, 1.165) is 32.3 Å². The third-order valence-corrected chi connectivity index (χ3v) is 5.52. The second-order valence-electron chi connectivity index (χ2n) is 8.36. The van der Waals surface area contributed by atoms with E-state index in [1.54, 1.807) is 17.9 Å². The van der Waals surface area contributed by atoms with Gasteiger partial charge < -0.3 is 19.5 Å². The number of carbonyl (C=O) groups is 2. The first kappa shape index (κ1) is 24.4. The number of anilines is 1. The Kier molecular flexibility index (Phi) is 11.5. The van der Waals surface area contributed by atoms with Crippen molar-refractivity contribution in [1.82, 2.24) is 10.1 Å². The molecule has 2 rings (SSSR count). The average molecular weight is 422 g/mol. The minimum Gasteiger partial charge on any atom is -0.376 e. The lowest BCUT2D eigenvalue weighted by Crippen LogP contribution is -2.42. The molecule has 170 valence electrons. The first-order chi connectivity index (χ1) is 14.6. The molecule has 0 saturated carbocycles. The molecule has 0 bridgehead atoms. The van der Waals surface area contributed by atoms with Crippen LogP contribution < -0.4 is 5.32 Å². The molecule has 7 nitrogen and oxygen atoms in total. The smallest absolute Gasteiger partial charge is 0.245 e. The van der Waals surface area contributed by atoms with E-state index in [2.05, 4.69) is 17.4 Å². The molecular weight excluding hydrogens is 382 g/mol. The number of nitrogens with zero attached hydrogens (tertiary/aromatic N) is 2. The molecule has 1 aliphatic heterocycles. The molecule has 2 heterocycles. The Hall–Kier alpha value is -1.89. The maximum Gasteiger partial charge on any atom is 0.245 e. The number of aromatic nitrogens is 1. The van der Waals surface area contributed by atoms with E-state index in [0.29, 0.717) is 24.5 Å². The topological polar surface area (TPSA) is 84.7 Å². The third-order valence-electron chi connectivity index (χ3n) is 5.52. The van der Waals surface area contributed by atoms with Crippen molar-refractivity contribution < 1.29 is 18.8 Å². The highest BCUT2D eigenvalue weighted by Crippen LogP contribution is 2.16. The Labute approximate surface area is 180 Å².